The summed E-state index contributed by atoms with van der Waals surface area (Å²) in [6, 6.07) is 31.5. The molecule has 2 atom stereocenters. The van der Waals surface area contributed by atoms with Crippen LogP contribution in [0.4, 0.5) is 0 Å². The van der Waals surface area contributed by atoms with Crippen LogP contribution in [-0.2, 0) is 29.4 Å². The monoisotopic (exact) mass is 677 g/mol. The van der Waals surface area contributed by atoms with Gasteiger partial charge in [-0.05, 0) is 65.6 Å². The molecule has 10 heteroatoms. The Labute approximate surface area is 291 Å². The van der Waals surface area contributed by atoms with Gasteiger partial charge in [-0.2, -0.15) is 0 Å². The molecule has 258 valence electrons. The van der Waals surface area contributed by atoms with Crippen LogP contribution in [0.3, 0.4) is 0 Å². The Morgan fingerprint density at radius 2 is 1.14 bits per heavy atom. The minimum Gasteiger partial charge on any atom is -0.497 e. The van der Waals surface area contributed by atoms with Crippen molar-refractivity contribution in [2.24, 2.45) is 5.92 Å². The van der Waals surface area contributed by atoms with Gasteiger partial charge in [-0.3, -0.25) is 14.6 Å². The Morgan fingerprint density at radius 3 is 1.64 bits per heavy atom. The van der Waals surface area contributed by atoms with Gasteiger partial charge in [0.1, 0.15) is 43.0 Å². The van der Waals surface area contributed by atoms with Crippen LogP contribution >= 0.6 is 0 Å². The lowest BCUT2D eigenvalue weighted by Gasteiger charge is -2.16. The van der Waals surface area contributed by atoms with Crippen LogP contribution in [0.15, 0.2) is 109 Å². The fraction of sp³-hybridized carbons (Fsp3) is 0.225. The van der Waals surface area contributed by atoms with Crippen LogP contribution in [0.2, 0.25) is 0 Å². The van der Waals surface area contributed by atoms with Crippen molar-refractivity contribution in [2.75, 3.05) is 21.3 Å². The molecule has 1 aromatic heterocycles. The SMILES string of the molecule is COC(=O)[C@H](C(=O)c1ccc(-c2ccc(OCc3cc(OCc4ccc(OC)cc4)c(OCc4ccc(OC)cc4)cn3)cc2)cc1)[C@@H](C)O. The Hall–Kier alpha value is -5.87. The number of hydrogen-bond acceptors (Lipinski definition) is 10. The van der Waals surface area contributed by atoms with Crippen molar-refractivity contribution in [1.29, 1.82) is 0 Å². The van der Waals surface area contributed by atoms with Crippen LogP contribution in [0, 0.1) is 5.92 Å². The number of aliphatic hydroxyl groups is 1. The van der Waals surface area contributed by atoms with E-state index in [0.717, 1.165) is 33.8 Å². The van der Waals surface area contributed by atoms with E-state index in [0.29, 0.717) is 41.7 Å². The first-order valence-corrected chi connectivity index (χ1v) is 15.9. The van der Waals surface area contributed by atoms with Crippen LogP contribution < -0.4 is 23.7 Å². The number of ketones is 1. The van der Waals surface area contributed by atoms with Gasteiger partial charge in [-0.15, -0.1) is 0 Å². The lowest BCUT2D eigenvalue weighted by molar-refractivity contribution is -0.146. The molecule has 4 aromatic carbocycles. The van der Waals surface area contributed by atoms with Crippen LogP contribution in [0.1, 0.15) is 34.1 Å². The number of carbonyl (C=O) groups is 2. The van der Waals surface area contributed by atoms with Crippen molar-refractivity contribution in [3.8, 4) is 39.9 Å². The zero-order valence-electron chi connectivity index (χ0n) is 28.3. The molecule has 0 aliphatic carbocycles. The average molecular weight is 678 g/mol. The Balaban J connectivity index is 1.24. The number of pyridine rings is 1. The Kier molecular flexibility index (Phi) is 12.0. The fourth-order valence-corrected chi connectivity index (χ4v) is 5.09. The van der Waals surface area contributed by atoms with E-state index in [2.05, 4.69) is 4.98 Å². The number of benzene rings is 4. The first-order chi connectivity index (χ1) is 24.3. The summed E-state index contributed by atoms with van der Waals surface area (Å²) in [4.78, 5) is 29.4. The molecule has 0 bridgehead atoms. The number of ether oxygens (including phenoxy) is 6. The van der Waals surface area contributed by atoms with Crippen molar-refractivity contribution < 1.29 is 43.1 Å². The number of aliphatic hydroxyl groups excluding tert-OH is 1. The summed E-state index contributed by atoms with van der Waals surface area (Å²) in [6.07, 6.45) is 0.463. The third-order valence-electron chi connectivity index (χ3n) is 7.96. The standard InChI is InChI=1S/C40H39NO9/c1-26(42)38(40(44)47-4)39(43)31-11-9-29(10-12-31)30-13-19-35(20-14-30)48-25-32-21-36(49-23-27-5-15-33(45-2)16-6-27)37(22-41-32)50-24-28-7-17-34(46-3)18-8-28/h5-22,26,38,42H,23-25H2,1-4H3/t26-,38+/m1/s1. The maximum Gasteiger partial charge on any atom is 0.319 e. The van der Waals surface area contributed by atoms with E-state index >= 15 is 0 Å². The molecule has 0 aliphatic heterocycles. The maximum atomic E-state index is 12.8. The van der Waals surface area contributed by atoms with Crippen molar-refractivity contribution in [2.45, 2.75) is 32.8 Å². The Bertz CT molecular complexity index is 1850. The van der Waals surface area contributed by atoms with Gasteiger partial charge >= 0.3 is 5.97 Å². The van der Waals surface area contributed by atoms with Gasteiger partial charge in [0.15, 0.2) is 17.3 Å². The molecule has 10 nitrogen and oxygen atoms in total. The molecule has 0 fully saturated rings. The summed E-state index contributed by atoms with van der Waals surface area (Å²) in [6.45, 7) is 2.22. The van der Waals surface area contributed by atoms with Gasteiger partial charge in [0.2, 0.25) is 0 Å². The van der Waals surface area contributed by atoms with Crippen molar-refractivity contribution in [1.82, 2.24) is 4.98 Å². The highest BCUT2D eigenvalue weighted by atomic mass is 16.5. The minimum atomic E-state index is -1.28. The number of methoxy groups -OCH3 is 3. The third kappa shape index (κ3) is 9.18. The molecule has 0 unspecified atom stereocenters. The minimum absolute atomic E-state index is 0.193. The van der Waals surface area contributed by atoms with Crippen LogP contribution in [-0.4, -0.2) is 49.3 Å². The van der Waals surface area contributed by atoms with Crippen LogP contribution in [0.5, 0.6) is 28.7 Å². The highest BCUT2D eigenvalue weighted by Gasteiger charge is 2.33. The van der Waals surface area contributed by atoms with E-state index in [9.17, 15) is 14.7 Å². The molecule has 0 saturated heterocycles. The molecular weight excluding hydrogens is 638 g/mol. The molecule has 50 heavy (non-hydrogen) atoms. The summed E-state index contributed by atoms with van der Waals surface area (Å²) in [5.41, 5.74) is 4.66. The Morgan fingerprint density at radius 1 is 0.640 bits per heavy atom. The van der Waals surface area contributed by atoms with Gasteiger partial charge in [0.05, 0.1) is 39.3 Å². The quantitative estimate of drug-likeness (QED) is 0.0674. The second kappa shape index (κ2) is 17.0. The number of rotatable bonds is 16. The van der Waals surface area contributed by atoms with Gasteiger partial charge in [0, 0.05) is 11.6 Å². The number of Topliss-reactive ketones (excluding diaryl/α,β-unsaturated/α-hetero) is 1. The zero-order valence-corrected chi connectivity index (χ0v) is 28.3. The first kappa shape index (κ1) is 35.4. The normalized spacial score (nSPS) is 11.9. The van der Waals surface area contributed by atoms with Gasteiger partial charge in [-0.1, -0.05) is 60.7 Å². The summed E-state index contributed by atoms with van der Waals surface area (Å²) in [5, 5.41) is 9.95. The van der Waals surface area contributed by atoms with Gasteiger partial charge < -0.3 is 33.5 Å². The molecule has 1 N–H and O–H groups in total. The molecule has 0 saturated carbocycles. The van der Waals surface area contributed by atoms with E-state index in [1.165, 1.54) is 14.0 Å². The van der Waals surface area contributed by atoms with E-state index < -0.39 is 23.8 Å². The molecule has 5 rings (SSSR count). The van der Waals surface area contributed by atoms with Crippen molar-refractivity contribution >= 4 is 11.8 Å². The predicted octanol–water partition coefficient (Wildman–Crippen LogP) is 6.86. The predicted molar refractivity (Wildman–Crippen MR) is 187 cm³/mol. The summed E-state index contributed by atoms with van der Waals surface area (Å²) < 4.78 is 33.6. The third-order valence-corrected chi connectivity index (χ3v) is 7.96. The zero-order chi connectivity index (χ0) is 35.5. The number of aromatic nitrogens is 1. The highest BCUT2D eigenvalue weighted by Crippen LogP contribution is 2.30. The van der Waals surface area contributed by atoms with E-state index in [-0.39, 0.29) is 6.61 Å². The number of nitrogens with zero attached hydrogens (tertiary/aromatic N) is 1. The fourth-order valence-electron chi connectivity index (χ4n) is 5.09. The van der Waals surface area contributed by atoms with Gasteiger partial charge in [-0.25, -0.2) is 0 Å². The molecular formula is C40H39NO9. The second-order valence-corrected chi connectivity index (χ2v) is 11.4. The smallest absolute Gasteiger partial charge is 0.319 e. The topological polar surface area (TPSA) is 123 Å². The molecule has 0 spiro atoms. The summed E-state index contributed by atoms with van der Waals surface area (Å²) in [5.74, 6) is 0.658. The second-order valence-electron chi connectivity index (χ2n) is 11.4. The maximum absolute atomic E-state index is 12.8. The van der Waals surface area contributed by atoms with Gasteiger partial charge in [0.25, 0.3) is 0 Å². The summed E-state index contributed by atoms with van der Waals surface area (Å²) in [7, 11) is 4.44. The number of hydrogen-bond donors (Lipinski definition) is 1. The van der Waals surface area contributed by atoms with E-state index in [1.54, 1.807) is 44.7 Å². The first-order valence-electron chi connectivity index (χ1n) is 15.9. The van der Waals surface area contributed by atoms with E-state index in [1.807, 2.05) is 78.9 Å². The highest BCUT2D eigenvalue weighted by molar-refractivity contribution is 6.09. The lowest BCUT2D eigenvalue weighted by atomic mass is 9.92. The number of carbonyl (C=O) groups excluding carboxylic acids is 2. The lowest BCUT2D eigenvalue weighted by Crippen LogP contribution is -2.34. The average Bonchev–Trinajstić information content (AvgIpc) is 3.16. The van der Waals surface area contributed by atoms with Crippen molar-refractivity contribution in [3.63, 3.8) is 0 Å². The molecule has 0 amide bonds. The van der Waals surface area contributed by atoms with E-state index in [4.69, 9.17) is 28.4 Å². The molecule has 1 heterocycles. The summed E-state index contributed by atoms with van der Waals surface area (Å²) >= 11 is 0. The molecule has 5 aromatic rings. The number of esters is 1. The van der Waals surface area contributed by atoms with Crippen molar-refractivity contribution in [3.05, 3.63) is 132 Å². The van der Waals surface area contributed by atoms with Crippen LogP contribution in [0.25, 0.3) is 11.1 Å². The molecule has 0 radical (unpaired) electrons. The molecule has 0 aliphatic rings. The largest absolute Gasteiger partial charge is 0.497 e.